The molecule has 0 fully saturated rings. The molecule has 2 rings (SSSR count). The molecule has 0 amide bonds. The third-order valence-corrected chi connectivity index (χ3v) is 3.46. The van der Waals surface area contributed by atoms with Crippen molar-refractivity contribution in [2.45, 2.75) is 32.6 Å². The molecule has 1 nitrogen and oxygen atoms in total. The number of aliphatic hydroxyl groups is 1. The van der Waals surface area contributed by atoms with Crippen LogP contribution in [0, 0.1) is 6.92 Å². The first-order valence-corrected chi connectivity index (χ1v) is 7.06. The minimum atomic E-state index is 0.312. The molecule has 0 bridgehead atoms. The van der Waals surface area contributed by atoms with Crippen LogP contribution in [-0.4, -0.2) is 11.7 Å². The number of hydrogen-bond acceptors (Lipinski definition) is 1. The van der Waals surface area contributed by atoms with Crippen LogP contribution in [0.5, 0.6) is 0 Å². The minimum absolute atomic E-state index is 0.312. The van der Waals surface area contributed by atoms with Crippen molar-refractivity contribution in [3.63, 3.8) is 0 Å². The highest BCUT2D eigenvalue weighted by atomic mass is 16.2. The average molecular weight is 254 g/mol. The standard InChI is InChI=1S/C18H22O/c1-15-6-10-17(11-7-15)18-12-8-16(9-13-18)5-3-2-4-14-19/h6-13,19H,2-5,14H2,1H3. The van der Waals surface area contributed by atoms with Gasteiger partial charge >= 0.3 is 0 Å². The Kier molecular flexibility index (Phi) is 5.17. The number of aliphatic hydroxyl groups excluding tert-OH is 1. The third kappa shape index (κ3) is 4.22. The summed E-state index contributed by atoms with van der Waals surface area (Å²) in [5.74, 6) is 0. The summed E-state index contributed by atoms with van der Waals surface area (Å²) < 4.78 is 0. The normalized spacial score (nSPS) is 10.6. The molecule has 2 aromatic carbocycles. The number of benzene rings is 2. The van der Waals surface area contributed by atoms with Crippen LogP contribution in [0.3, 0.4) is 0 Å². The lowest BCUT2D eigenvalue weighted by Crippen LogP contribution is -1.88. The molecule has 0 spiro atoms. The highest BCUT2D eigenvalue weighted by molar-refractivity contribution is 5.63. The van der Waals surface area contributed by atoms with Gasteiger partial charge in [0.05, 0.1) is 0 Å². The van der Waals surface area contributed by atoms with E-state index >= 15 is 0 Å². The van der Waals surface area contributed by atoms with Gasteiger partial charge in [-0.2, -0.15) is 0 Å². The molecule has 2 aromatic rings. The van der Waals surface area contributed by atoms with E-state index in [1.807, 2.05) is 0 Å². The second kappa shape index (κ2) is 7.10. The molecule has 0 aromatic heterocycles. The van der Waals surface area contributed by atoms with Crippen LogP contribution in [0.15, 0.2) is 48.5 Å². The van der Waals surface area contributed by atoms with E-state index in [1.54, 1.807) is 0 Å². The molecule has 0 radical (unpaired) electrons. The summed E-state index contributed by atoms with van der Waals surface area (Å²) in [5, 5.41) is 8.75. The highest BCUT2D eigenvalue weighted by Gasteiger charge is 1.98. The van der Waals surface area contributed by atoms with Crippen LogP contribution in [0.4, 0.5) is 0 Å². The predicted octanol–water partition coefficient (Wildman–Crippen LogP) is 4.37. The second-order valence-electron chi connectivity index (χ2n) is 5.10. The van der Waals surface area contributed by atoms with E-state index in [2.05, 4.69) is 55.5 Å². The molecular formula is C18H22O. The molecule has 0 aliphatic heterocycles. The lowest BCUT2D eigenvalue weighted by atomic mass is 10.0. The van der Waals surface area contributed by atoms with Crippen LogP contribution in [-0.2, 0) is 6.42 Å². The van der Waals surface area contributed by atoms with E-state index in [0.717, 1.165) is 25.7 Å². The highest BCUT2D eigenvalue weighted by Crippen LogP contribution is 2.20. The van der Waals surface area contributed by atoms with Crippen molar-refractivity contribution in [3.05, 3.63) is 59.7 Å². The Morgan fingerprint density at radius 2 is 1.32 bits per heavy atom. The zero-order valence-corrected chi connectivity index (χ0v) is 11.6. The summed E-state index contributed by atoms with van der Waals surface area (Å²) in [5.41, 5.74) is 5.23. The zero-order chi connectivity index (χ0) is 13.5. The van der Waals surface area contributed by atoms with Crippen molar-refractivity contribution >= 4 is 0 Å². The fourth-order valence-corrected chi connectivity index (χ4v) is 2.23. The largest absolute Gasteiger partial charge is 0.396 e. The van der Waals surface area contributed by atoms with Crippen LogP contribution < -0.4 is 0 Å². The molecule has 0 aliphatic carbocycles. The zero-order valence-electron chi connectivity index (χ0n) is 11.6. The summed E-state index contributed by atoms with van der Waals surface area (Å²) >= 11 is 0. The topological polar surface area (TPSA) is 20.2 Å². The second-order valence-corrected chi connectivity index (χ2v) is 5.10. The molecule has 19 heavy (non-hydrogen) atoms. The first-order chi connectivity index (χ1) is 9.29. The van der Waals surface area contributed by atoms with Gasteiger partial charge in [-0.15, -0.1) is 0 Å². The molecule has 0 unspecified atom stereocenters. The maximum absolute atomic E-state index is 8.75. The molecule has 1 N–H and O–H groups in total. The van der Waals surface area contributed by atoms with Gasteiger partial charge in [-0.25, -0.2) is 0 Å². The summed E-state index contributed by atoms with van der Waals surface area (Å²) in [4.78, 5) is 0. The predicted molar refractivity (Wildman–Crippen MR) is 81.3 cm³/mol. The van der Waals surface area contributed by atoms with Crippen LogP contribution in [0.2, 0.25) is 0 Å². The quantitative estimate of drug-likeness (QED) is 0.759. The molecule has 1 heteroatoms. The molecule has 100 valence electrons. The van der Waals surface area contributed by atoms with Crippen molar-refractivity contribution in [3.8, 4) is 11.1 Å². The van der Waals surface area contributed by atoms with E-state index in [9.17, 15) is 0 Å². The van der Waals surface area contributed by atoms with Crippen LogP contribution in [0.1, 0.15) is 30.4 Å². The van der Waals surface area contributed by atoms with Crippen molar-refractivity contribution < 1.29 is 5.11 Å². The van der Waals surface area contributed by atoms with Gasteiger partial charge in [-0.3, -0.25) is 0 Å². The molecular weight excluding hydrogens is 232 g/mol. The molecule has 0 aliphatic rings. The van der Waals surface area contributed by atoms with Crippen molar-refractivity contribution in [1.29, 1.82) is 0 Å². The van der Waals surface area contributed by atoms with E-state index in [0.29, 0.717) is 6.61 Å². The number of unbranched alkanes of at least 4 members (excludes halogenated alkanes) is 2. The number of hydrogen-bond donors (Lipinski definition) is 1. The Labute approximate surface area is 115 Å². The van der Waals surface area contributed by atoms with E-state index in [4.69, 9.17) is 5.11 Å². The van der Waals surface area contributed by atoms with Crippen molar-refractivity contribution in [1.82, 2.24) is 0 Å². The van der Waals surface area contributed by atoms with Gasteiger partial charge in [-0.1, -0.05) is 60.5 Å². The van der Waals surface area contributed by atoms with Gasteiger partial charge in [0.1, 0.15) is 0 Å². The molecule has 0 heterocycles. The lowest BCUT2D eigenvalue weighted by molar-refractivity contribution is 0.283. The van der Waals surface area contributed by atoms with E-state index in [-0.39, 0.29) is 0 Å². The Balaban J connectivity index is 1.96. The third-order valence-electron chi connectivity index (χ3n) is 3.46. The summed E-state index contributed by atoms with van der Waals surface area (Å²) in [6.45, 7) is 2.42. The van der Waals surface area contributed by atoms with Gasteiger partial charge in [0.2, 0.25) is 0 Å². The first kappa shape index (κ1) is 13.8. The first-order valence-electron chi connectivity index (χ1n) is 7.06. The Morgan fingerprint density at radius 3 is 1.89 bits per heavy atom. The minimum Gasteiger partial charge on any atom is -0.396 e. The number of rotatable bonds is 6. The van der Waals surface area contributed by atoms with Gasteiger partial charge in [0.25, 0.3) is 0 Å². The Morgan fingerprint density at radius 1 is 0.737 bits per heavy atom. The summed E-state index contributed by atoms with van der Waals surface area (Å²) in [6, 6.07) is 17.5. The van der Waals surface area contributed by atoms with Crippen molar-refractivity contribution in [2.75, 3.05) is 6.61 Å². The van der Waals surface area contributed by atoms with Gasteiger partial charge in [0, 0.05) is 6.61 Å². The smallest absolute Gasteiger partial charge is 0.0431 e. The van der Waals surface area contributed by atoms with Gasteiger partial charge in [0.15, 0.2) is 0 Å². The monoisotopic (exact) mass is 254 g/mol. The molecule has 0 saturated heterocycles. The van der Waals surface area contributed by atoms with Crippen molar-refractivity contribution in [2.24, 2.45) is 0 Å². The molecule has 0 atom stereocenters. The van der Waals surface area contributed by atoms with E-state index < -0.39 is 0 Å². The summed E-state index contributed by atoms with van der Waals surface area (Å²) in [7, 11) is 0. The Bertz CT molecular complexity index is 482. The maximum atomic E-state index is 8.75. The van der Waals surface area contributed by atoms with E-state index in [1.165, 1.54) is 22.3 Å². The van der Waals surface area contributed by atoms with Gasteiger partial charge < -0.3 is 5.11 Å². The average Bonchev–Trinajstić information content (AvgIpc) is 2.45. The van der Waals surface area contributed by atoms with Gasteiger partial charge in [-0.05, 0) is 42.9 Å². The van der Waals surface area contributed by atoms with Crippen LogP contribution >= 0.6 is 0 Å². The fourth-order valence-electron chi connectivity index (χ4n) is 2.23. The Hall–Kier alpha value is -1.60. The maximum Gasteiger partial charge on any atom is 0.0431 e. The van der Waals surface area contributed by atoms with Crippen LogP contribution in [0.25, 0.3) is 11.1 Å². The molecule has 0 saturated carbocycles. The summed E-state index contributed by atoms with van der Waals surface area (Å²) in [6.07, 6.45) is 4.29. The number of aryl methyl sites for hydroxylation is 2. The SMILES string of the molecule is Cc1ccc(-c2ccc(CCCCCO)cc2)cc1. The lowest BCUT2D eigenvalue weighted by Gasteiger charge is -2.05. The fraction of sp³-hybridized carbons (Fsp3) is 0.333.